The van der Waals surface area contributed by atoms with Gasteiger partial charge < -0.3 is 23.7 Å². The first-order chi connectivity index (χ1) is 14.2. The van der Waals surface area contributed by atoms with Gasteiger partial charge in [0.15, 0.2) is 12.2 Å². The number of aliphatic imine (C=N–C) groups is 1. The third kappa shape index (κ3) is 6.81. The van der Waals surface area contributed by atoms with E-state index in [1.807, 2.05) is 12.1 Å². The summed E-state index contributed by atoms with van der Waals surface area (Å²) in [6, 6.07) is 6.45. The number of rotatable bonds is 7. The highest BCUT2D eigenvalue weighted by atomic mass is 79.9. The molecule has 0 unspecified atom stereocenters. The van der Waals surface area contributed by atoms with Crippen LogP contribution in [0.2, 0.25) is 0 Å². The number of carbonyl (C=O) groups is 3. The predicted molar refractivity (Wildman–Crippen MR) is 110 cm³/mol. The molecule has 1 aromatic carbocycles. The lowest BCUT2D eigenvalue weighted by Crippen LogP contribution is -2.59. The number of hydrogen-bond donors (Lipinski definition) is 0. The third-order valence-corrected chi connectivity index (χ3v) is 4.92. The van der Waals surface area contributed by atoms with Gasteiger partial charge in [-0.25, -0.2) is 0 Å². The van der Waals surface area contributed by atoms with Crippen molar-refractivity contribution >= 4 is 40.1 Å². The van der Waals surface area contributed by atoms with Crippen LogP contribution in [0.5, 0.6) is 5.75 Å². The summed E-state index contributed by atoms with van der Waals surface area (Å²) in [5.41, 5.74) is 0.781. The number of ether oxygens (including phenoxy) is 5. The number of carbonyl (C=O) groups excluding carboxylic acids is 3. The Morgan fingerprint density at radius 2 is 1.63 bits per heavy atom. The zero-order valence-corrected chi connectivity index (χ0v) is 18.7. The van der Waals surface area contributed by atoms with Crippen LogP contribution in [0.4, 0.5) is 0 Å². The second-order valence-corrected chi connectivity index (χ2v) is 7.42. The lowest BCUT2D eigenvalue weighted by Gasteiger charge is -2.42. The highest BCUT2D eigenvalue weighted by molar-refractivity contribution is 9.09. The molecule has 1 aliphatic heterocycles. The van der Waals surface area contributed by atoms with E-state index in [2.05, 4.69) is 20.9 Å². The van der Waals surface area contributed by atoms with Gasteiger partial charge >= 0.3 is 17.9 Å². The van der Waals surface area contributed by atoms with Gasteiger partial charge in [0.05, 0.1) is 7.11 Å². The number of halogens is 1. The molecule has 0 amide bonds. The SMILES string of the molecule is COc1ccc(C=N[C@@H]2[C@@H](OC(C)=O)[C@H](OC(C)=O)[C@@H](COC(C)=O)O[C@@H]2Br)cc1. The summed E-state index contributed by atoms with van der Waals surface area (Å²) in [4.78, 5) is 39.1. The summed E-state index contributed by atoms with van der Waals surface area (Å²) < 4.78 is 26.8. The van der Waals surface area contributed by atoms with Crippen molar-refractivity contribution in [3.63, 3.8) is 0 Å². The Morgan fingerprint density at radius 3 is 2.17 bits per heavy atom. The lowest BCUT2D eigenvalue weighted by atomic mass is 9.98. The van der Waals surface area contributed by atoms with Crippen molar-refractivity contribution < 1.29 is 38.1 Å². The van der Waals surface area contributed by atoms with Crippen LogP contribution in [0.15, 0.2) is 29.3 Å². The van der Waals surface area contributed by atoms with E-state index in [-0.39, 0.29) is 6.61 Å². The first-order valence-corrected chi connectivity index (χ1v) is 10.1. The van der Waals surface area contributed by atoms with Gasteiger partial charge in [0.2, 0.25) is 0 Å². The van der Waals surface area contributed by atoms with Crippen LogP contribution >= 0.6 is 15.9 Å². The molecule has 1 aromatic rings. The summed E-state index contributed by atoms with van der Waals surface area (Å²) in [7, 11) is 1.57. The van der Waals surface area contributed by atoms with Gasteiger partial charge in [-0.15, -0.1) is 0 Å². The summed E-state index contributed by atoms with van der Waals surface area (Å²) in [6.07, 6.45) is -1.23. The molecule has 0 spiro atoms. The van der Waals surface area contributed by atoms with Crippen LogP contribution in [0, 0.1) is 0 Å². The molecule has 30 heavy (non-hydrogen) atoms. The number of nitrogens with zero attached hydrogens (tertiary/aromatic N) is 1. The Morgan fingerprint density at radius 1 is 1.03 bits per heavy atom. The molecule has 9 nitrogen and oxygen atoms in total. The topological polar surface area (TPSA) is 110 Å². The molecule has 1 aliphatic rings. The average Bonchev–Trinajstić information content (AvgIpc) is 2.68. The molecule has 0 saturated carbocycles. The van der Waals surface area contributed by atoms with Gasteiger partial charge in [-0.2, -0.15) is 0 Å². The molecule has 1 heterocycles. The van der Waals surface area contributed by atoms with Gasteiger partial charge in [-0.3, -0.25) is 19.4 Å². The van der Waals surface area contributed by atoms with Crippen molar-refractivity contribution in [3.05, 3.63) is 29.8 Å². The molecule has 1 fully saturated rings. The molecule has 0 N–H and O–H groups in total. The lowest BCUT2D eigenvalue weighted by molar-refractivity contribution is -0.207. The summed E-state index contributed by atoms with van der Waals surface area (Å²) in [5, 5.41) is -0.691. The maximum atomic E-state index is 11.7. The largest absolute Gasteiger partial charge is 0.497 e. The molecule has 164 valence electrons. The molecule has 2 rings (SSSR count). The minimum Gasteiger partial charge on any atom is -0.497 e. The first kappa shape index (κ1) is 23.8. The number of esters is 3. The van der Waals surface area contributed by atoms with Crippen LogP contribution in [-0.4, -0.2) is 67.2 Å². The second-order valence-electron chi connectivity index (χ2n) is 6.52. The second kappa shape index (κ2) is 11.1. The summed E-state index contributed by atoms with van der Waals surface area (Å²) in [5.74, 6) is -0.989. The minimum absolute atomic E-state index is 0.179. The maximum Gasteiger partial charge on any atom is 0.303 e. The Hall–Kier alpha value is -2.46. The molecule has 0 aromatic heterocycles. The fraction of sp³-hybridized carbons (Fsp3) is 0.500. The molecule has 0 radical (unpaired) electrons. The smallest absolute Gasteiger partial charge is 0.303 e. The van der Waals surface area contributed by atoms with E-state index >= 15 is 0 Å². The third-order valence-electron chi connectivity index (χ3n) is 4.17. The molecule has 10 heteroatoms. The molecule has 1 saturated heterocycles. The highest BCUT2D eigenvalue weighted by Crippen LogP contribution is 2.31. The minimum atomic E-state index is -1.02. The quantitative estimate of drug-likeness (QED) is 0.249. The van der Waals surface area contributed by atoms with Gasteiger partial charge in [0.25, 0.3) is 0 Å². The molecular weight excluding hydrogens is 462 g/mol. The van der Waals surface area contributed by atoms with Gasteiger partial charge in [-0.1, -0.05) is 15.9 Å². The van der Waals surface area contributed by atoms with E-state index in [4.69, 9.17) is 23.7 Å². The fourth-order valence-corrected chi connectivity index (χ4v) is 3.61. The summed E-state index contributed by atoms with van der Waals surface area (Å²) >= 11 is 3.39. The average molecular weight is 486 g/mol. The van der Waals surface area contributed by atoms with Crippen LogP contribution in [0.25, 0.3) is 0 Å². The first-order valence-electron chi connectivity index (χ1n) is 9.15. The van der Waals surface area contributed by atoms with Crippen LogP contribution < -0.4 is 4.74 Å². The van der Waals surface area contributed by atoms with Crippen molar-refractivity contribution in [3.8, 4) is 5.75 Å². The molecular formula is C20H24BrNO8. The Bertz CT molecular complexity index is 782. The summed E-state index contributed by atoms with van der Waals surface area (Å²) in [6.45, 7) is 3.54. The number of benzene rings is 1. The highest BCUT2D eigenvalue weighted by Gasteiger charge is 2.49. The van der Waals surface area contributed by atoms with E-state index in [0.29, 0.717) is 5.75 Å². The Labute approximate surface area is 182 Å². The van der Waals surface area contributed by atoms with Gasteiger partial charge in [-0.05, 0) is 29.8 Å². The Balaban J connectivity index is 2.31. The zero-order valence-electron chi connectivity index (χ0n) is 17.1. The van der Waals surface area contributed by atoms with E-state index < -0.39 is 47.3 Å². The predicted octanol–water partition coefficient (Wildman–Crippen LogP) is 2.03. The standard InChI is InChI=1S/C20H24BrNO8/c1-11(23)27-10-16-18(28-12(2)24)19(29-13(3)25)17(20(21)30-16)22-9-14-5-7-15(26-4)8-6-14/h5-9,16-20H,10H2,1-4H3/t16-,17-,18-,19-,20+/m1/s1. The number of methoxy groups -OCH3 is 1. The number of hydrogen-bond acceptors (Lipinski definition) is 9. The van der Waals surface area contributed by atoms with E-state index in [1.165, 1.54) is 20.8 Å². The van der Waals surface area contributed by atoms with Crippen LogP contribution in [0.1, 0.15) is 26.3 Å². The maximum absolute atomic E-state index is 11.7. The van der Waals surface area contributed by atoms with Crippen LogP contribution in [0.3, 0.4) is 0 Å². The van der Waals surface area contributed by atoms with Gasteiger partial charge in [0.1, 0.15) is 29.5 Å². The molecule has 0 aliphatic carbocycles. The van der Waals surface area contributed by atoms with E-state index in [0.717, 1.165) is 5.56 Å². The van der Waals surface area contributed by atoms with Gasteiger partial charge in [0, 0.05) is 27.0 Å². The van der Waals surface area contributed by atoms with E-state index in [1.54, 1.807) is 25.5 Å². The fourth-order valence-electron chi connectivity index (χ4n) is 2.89. The van der Waals surface area contributed by atoms with Crippen molar-refractivity contribution in [2.24, 2.45) is 4.99 Å². The normalized spacial score (nSPS) is 26.1. The van der Waals surface area contributed by atoms with Crippen molar-refractivity contribution in [1.82, 2.24) is 0 Å². The van der Waals surface area contributed by atoms with Crippen molar-refractivity contribution in [2.75, 3.05) is 13.7 Å². The van der Waals surface area contributed by atoms with Crippen LogP contribution in [-0.2, 0) is 33.3 Å². The molecule has 0 bridgehead atoms. The number of alkyl halides is 1. The Kier molecular flexibility index (Phi) is 8.79. The zero-order chi connectivity index (χ0) is 22.3. The molecule has 5 atom stereocenters. The van der Waals surface area contributed by atoms with Crippen molar-refractivity contribution in [1.29, 1.82) is 0 Å². The monoisotopic (exact) mass is 485 g/mol. The van der Waals surface area contributed by atoms with E-state index in [9.17, 15) is 14.4 Å². The van der Waals surface area contributed by atoms with Crippen molar-refractivity contribution in [2.45, 2.75) is 50.1 Å².